The molecule has 0 bridgehead atoms. The molecule has 0 radical (unpaired) electrons. The van der Waals surface area contributed by atoms with Gasteiger partial charge in [0.1, 0.15) is 5.75 Å². The molecule has 33 heavy (non-hydrogen) atoms. The fourth-order valence-electron chi connectivity index (χ4n) is 6.56. The molecule has 2 aliphatic carbocycles. The third kappa shape index (κ3) is 3.66. The average Bonchev–Trinajstić information content (AvgIpc) is 2.77. The highest BCUT2D eigenvalue weighted by Gasteiger charge is 2.57. The lowest BCUT2D eigenvalue weighted by Gasteiger charge is -2.54. The van der Waals surface area contributed by atoms with Gasteiger partial charge < -0.3 is 5.11 Å². The number of hydrogen-bond acceptors (Lipinski definition) is 4. The monoisotopic (exact) mass is 446 g/mol. The molecule has 1 aromatic carbocycles. The number of phenols is 1. The third-order valence-electron chi connectivity index (χ3n) is 8.46. The summed E-state index contributed by atoms with van der Waals surface area (Å²) in [5.41, 5.74) is 3.89. The number of aromatic nitrogens is 1. The fourth-order valence-corrected chi connectivity index (χ4v) is 6.56. The molecule has 5 heteroatoms. The van der Waals surface area contributed by atoms with Crippen molar-refractivity contribution in [1.29, 1.82) is 0 Å². The molecule has 1 aromatic heterocycles. The molecule has 2 heterocycles. The zero-order chi connectivity index (χ0) is 23.5. The van der Waals surface area contributed by atoms with E-state index < -0.39 is 5.41 Å². The van der Waals surface area contributed by atoms with Crippen molar-refractivity contribution in [3.05, 3.63) is 58.9 Å². The van der Waals surface area contributed by atoms with Crippen LogP contribution in [0.4, 0.5) is 0 Å². The second kappa shape index (κ2) is 7.68. The van der Waals surface area contributed by atoms with Gasteiger partial charge in [-0.1, -0.05) is 39.8 Å². The van der Waals surface area contributed by atoms with Crippen LogP contribution in [-0.2, 0) is 28.0 Å². The number of piperidine rings is 1. The highest BCUT2D eigenvalue weighted by molar-refractivity contribution is 6.01. The predicted molar refractivity (Wildman–Crippen MR) is 127 cm³/mol. The Morgan fingerprint density at radius 1 is 1.15 bits per heavy atom. The number of rotatable bonds is 2. The van der Waals surface area contributed by atoms with Crippen LogP contribution < -0.4 is 0 Å². The van der Waals surface area contributed by atoms with E-state index in [1.165, 1.54) is 16.0 Å². The van der Waals surface area contributed by atoms with Crippen molar-refractivity contribution in [2.24, 2.45) is 17.3 Å². The van der Waals surface area contributed by atoms with Gasteiger partial charge in [-0.25, -0.2) is 0 Å². The molecule has 2 fully saturated rings. The number of pyridine rings is 1. The topological polar surface area (TPSA) is 70.5 Å². The standard InChI is InChI=1S/C28H34N2O3/c1-27(2,3)24-10-5-17(15-29-24)16-30-25(32)14-23-22-8-6-18-13-19(31)7-9-20(18)21(22)11-12-28(23,4)26(30)33/h5,7,9-10,13,15,21-23,31H,6,8,11-12,14,16H2,1-4H3/t21?,22?,23?,28-/m0/s1. The molecule has 3 aliphatic rings. The average molecular weight is 447 g/mol. The maximum absolute atomic E-state index is 13.7. The number of imide groups is 1. The number of fused-ring (bicyclic) bond motifs is 5. The summed E-state index contributed by atoms with van der Waals surface area (Å²) in [7, 11) is 0. The fraction of sp³-hybridized carbons (Fsp3) is 0.536. The minimum atomic E-state index is -0.498. The van der Waals surface area contributed by atoms with Crippen LogP contribution >= 0.6 is 0 Å². The second-order valence-corrected chi connectivity index (χ2v) is 11.5. The summed E-state index contributed by atoms with van der Waals surface area (Å²) >= 11 is 0. The van der Waals surface area contributed by atoms with E-state index in [-0.39, 0.29) is 23.1 Å². The minimum Gasteiger partial charge on any atom is -0.508 e. The van der Waals surface area contributed by atoms with Gasteiger partial charge in [-0.3, -0.25) is 19.5 Å². The predicted octanol–water partition coefficient (Wildman–Crippen LogP) is 5.11. The Balaban J connectivity index is 1.38. The molecule has 3 unspecified atom stereocenters. The molecule has 1 aliphatic heterocycles. The van der Waals surface area contributed by atoms with Crippen LogP contribution in [0, 0.1) is 17.3 Å². The Kier molecular flexibility index (Phi) is 5.15. The summed E-state index contributed by atoms with van der Waals surface area (Å²) in [5.74, 6) is 1.03. The van der Waals surface area contributed by atoms with Crippen LogP contribution in [0.15, 0.2) is 36.5 Å². The van der Waals surface area contributed by atoms with Gasteiger partial charge in [0, 0.05) is 23.7 Å². The number of aryl methyl sites for hydroxylation is 1. The highest BCUT2D eigenvalue weighted by atomic mass is 16.3. The number of benzene rings is 1. The van der Waals surface area contributed by atoms with Gasteiger partial charge in [0.05, 0.1) is 12.0 Å². The van der Waals surface area contributed by atoms with Crippen LogP contribution in [0.5, 0.6) is 5.75 Å². The van der Waals surface area contributed by atoms with Crippen LogP contribution in [-0.4, -0.2) is 26.8 Å². The second-order valence-electron chi connectivity index (χ2n) is 11.5. The van der Waals surface area contributed by atoms with E-state index in [0.717, 1.165) is 36.9 Å². The van der Waals surface area contributed by atoms with Gasteiger partial charge in [0.15, 0.2) is 0 Å². The van der Waals surface area contributed by atoms with Crippen molar-refractivity contribution >= 4 is 11.8 Å². The lowest BCUT2D eigenvalue weighted by atomic mass is 9.52. The Morgan fingerprint density at radius 2 is 1.94 bits per heavy atom. The zero-order valence-corrected chi connectivity index (χ0v) is 20.1. The van der Waals surface area contributed by atoms with Crippen molar-refractivity contribution < 1.29 is 14.7 Å². The first-order valence-corrected chi connectivity index (χ1v) is 12.2. The highest BCUT2D eigenvalue weighted by Crippen LogP contribution is 2.58. The van der Waals surface area contributed by atoms with Crippen molar-refractivity contribution in [3.8, 4) is 5.75 Å². The molecule has 2 aromatic rings. The Bertz CT molecular complexity index is 1100. The molecular weight excluding hydrogens is 412 g/mol. The molecule has 1 saturated carbocycles. The van der Waals surface area contributed by atoms with E-state index in [1.807, 2.05) is 18.2 Å². The third-order valence-corrected chi connectivity index (χ3v) is 8.46. The molecular formula is C28H34N2O3. The van der Waals surface area contributed by atoms with Gasteiger partial charge in [-0.2, -0.15) is 0 Å². The normalized spacial score (nSPS) is 29.3. The maximum atomic E-state index is 13.7. The van der Waals surface area contributed by atoms with E-state index in [1.54, 1.807) is 12.3 Å². The largest absolute Gasteiger partial charge is 0.508 e. The molecule has 2 amide bonds. The number of carbonyl (C=O) groups excluding carboxylic acids is 2. The van der Waals surface area contributed by atoms with Crippen molar-refractivity contribution in [2.75, 3.05) is 0 Å². The summed E-state index contributed by atoms with van der Waals surface area (Å²) < 4.78 is 0. The van der Waals surface area contributed by atoms with Gasteiger partial charge in [0.2, 0.25) is 11.8 Å². The van der Waals surface area contributed by atoms with E-state index in [9.17, 15) is 14.7 Å². The van der Waals surface area contributed by atoms with E-state index in [4.69, 9.17) is 0 Å². The first-order valence-electron chi connectivity index (χ1n) is 12.2. The molecule has 0 spiro atoms. The van der Waals surface area contributed by atoms with Crippen molar-refractivity contribution in [2.45, 2.75) is 77.7 Å². The van der Waals surface area contributed by atoms with Crippen LogP contribution in [0.3, 0.4) is 0 Å². The lowest BCUT2D eigenvalue weighted by molar-refractivity contribution is -0.168. The number of likely N-dealkylation sites (tertiary alicyclic amines) is 1. The molecule has 174 valence electrons. The summed E-state index contributed by atoms with van der Waals surface area (Å²) in [6.45, 7) is 8.75. The first kappa shape index (κ1) is 22.1. The van der Waals surface area contributed by atoms with E-state index in [2.05, 4.69) is 38.7 Å². The van der Waals surface area contributed by atoms with Crippen LogP contribution in [0.25, 0.3) is 0 Å². The van der Waals surface area contributed by atoms with Crippen molar-refractivity contribution in [3.63, 3.8) is 0 Å². The van der Waals surface area contributed by atoms with Crippen LogP contribution in [0.1, 0.15) is 81.7 Å². The van der Waals surface area contributed by atoms with Crippen LogP contribution in [0.2, 0.25) is 0 Å². The lowest BCUT2D eigenvalue weighted by Crippen LogP contribution is -2.58. The quantitative estimate of drug-likeness (QED) is 0.651. The molecule has 1 saturated heterocycles. The number of hydrogen-bond donors (Lipinski definition) is 1. The first-order chi connectivity index (χ1) is 15.6. The number of nitrogens with zero attached hydrogens (tertiary/aromatic N) is 2. The van der Waals surface area contributed by atoms with Gasteiger partial charge >= 0.3 is 0 Å². The van der Waals surface area contributed by atoms with E-state index >= 15 is 0 Å². The minimum absolute atomic E-state index is 0.0152. The number of amides is 2. The zero-order valence-electron chi connectivity index (χ0n) is 20.1. The van der Waals surface area contributed by atoms with E-state index in [0.29, 0.717) is 30.6 Å². The van der Waals surface area contributed by atoms with Crippen molar-refractivity contribution in [1.82, 2.24) is 9.88 Å². The van der Waals surface area contributed by atoms with Gasteiger partial charge in [-0.05, 0) is 78.3 Å². The number of phenolic OH excluding ortho intramolecular Hbond substituents is 1. The molecule has 1 N–H and O–H groups in total. The Morgan fingerprint density at radius 3 is 2.64 bits per heavy atom. The summed E-state index contributed by atoms with van der Waals surface area (Å²) in [6, 6.07) is 9.70. The number of aromatic hydroxyl groups is 1. The SMILES string of the molecule is CC(C)(C)c1ccc(CN2C(=O)CC3C4CCc5cc(O)ccc5C4CC[C@]3(C)C2=O)cn1. The maximum Gasteiger partial charge on any atom is 0.235 e. The summed E-state index contributed by atoms with van der Waals surface area (Å²) in [4.78, 5) is 33.1. The molecule has 5 rings (SSSR count). The summed E-state index contributed by atoms with van der Waals surface area (Å²) in [6.07, 6.45) is 5.85. The molecule has 5 nitrogen and oxygen atoms in total. The van der Waals surface area contributed by atoms with Gasteiger partial charge in [0.25, 0.3) is 0 Å². The summed E-state index contributed by atoms with van der Waals surface area (Å²) in [5, 5.41) is 9.89. The Labute approximate surface area is 196 Å². The smallest absolute Gasteiger partial charge is 0.235 e. The van der Waals surface area contributed by atoms with Gasteiger partial charge in [-0.15, -0.1) is 0 Å². The Hall–Kier alpha value is -2.69. The molecule has 4 atom stereocenters. The number of carbonyl (C=O) groups is 2.